The number of carbonyl (C=O) groups excluding carboxylic acids is 1. The van der Waals surface area contributed by atoms with Crippen LogP contribution >= 0.6 is 15.9 Å². The number of hydrogen-bond acceptors (Lipinski definition) is 6. The van der Waals surface area contributed by atoms with Crippen LogP contribution < -0.4 is 9.47 Å². The number of halogens is 1. The molecule has 0 saturated carbocycles. The first-order valence-electron chi connectivity index (χ1n) is 6.09. The molecule has 0 radical (unpaired) electrons. The summed E-state index contributed by atoms with van der Waals surface area (Å²) in [5, 5.41) is 11.1. The van der Waals surface area contributed by atoms with Gasteiger partial charge in [0.1, 0.15) is 16.2 Å². The molecule has 1 unspecified atom stereocenters. The number of fused-ring (bicyclic) bond motifs is 1. The second kappa shape index (κ2) is 5.61. The molecule has 8 heteroatoms. The lowest BCUT2D eigenvalue weighted by Gasteiger charge is -2.35. The highest BCUT2D eigenvalue weighted by molar-refractivity contribution is 9.10. The van der Waals surface area contributed by atoms with Crippen LogP contribution in [0.15, 0.2) is 12.1 Å². The van der Waals surface area contributed by atoms with Crippen molar-refractivity contribution in [1.82, 2.24) is 0 Å². The van der Waals surface area contributed by atoms with E-state index in [1.165, 1.54) is 19.2 Å². The first-order chi connectivity index (χ1) is 9.77. The molecule has 21 heavy (non-hydrogen) atoms. The molecule has 1 atom stereocenters. The van der Waals surface area contributed by atoms with E-state index < -0.39 is 15.4 Å². The molecule has 0 fully saturated rings. The third kappa shape index (κ3) is 2.86. The van der Waals surface area contributed by atoms with E-state index in [4.69, 9.17) is 14.2 Å². The van der Waals surface area contributed by atoms with Gasteiger partial charge in [0.2, 0.25) is 5.75 Å². The van der Waals surface area contributed by atoms with Crippen molar-refractivity contribution in [1.29, 1.82) is 0 Å². The van der Waals surface area contributed by atoms with E-state index in [9.17, 15) is 14.9 Å². The molecule has 2 rings (SSSR count). The van der Waals surface area contributed by atoms with Gasteiger partial charge in [0, 0.05) is 19.2 Å². The summed E-state index contributed by atoms with van der Waals surface area (Å²) in [5.74, 6) is -0.00253. The zero-order valence-corrected chi connectivity index (χ0v) is 13.3. The topological polar surface area (TPSA) is 87.9 Å². The maximum absolute atomic E-state index is 12.3. The fourth-order valence-corrected chi connectivity index (χ4v) is 2.33. The zero-order valence-electron chi connectivity index (χ0n) is 11.7. The van der Waals surface area contributed by atoms with E-state index in [0.29, 0.717) is 0 Å². The third-order valence-corrected chi connectivity index (χ3v) is 4.59. The standard InChI is InChI=1S/C13H14BrNO6/c1-13(2)12(14)11(16)7-4-8(15(17)18)10(20-6-19-3)5-9(7)21-13/h4-5,12H,6H2,1-3H3. The van der Waals surface area contributed by atoms with Gasteiger partial charge >= 0.3 is 5.69 Å². The molecule has 114 valence electrons. The highest BCUT2D eigenvalue weighted by Crippen LogP contribution is 2.42. The van der Waals surface area contributed by atoms with E-state index in [2.05, 4.69) is 15.9 Å². The van der Waals surface area contributed by atoms with Gasteiger partial charge in [0.25, 0.3) is 0 Å². The van der Waals surface area contributed by atoms with E-state index in [1.54, 1.807) is 13.8 Å². The van der Waals surface area contributed by atoms with Crippen LogP contribution in [0.1, 0.15) is 24.2 Å². The lowest BCUT2D eigenvalue weighted by Crippen LogP contribution is -2.46. The number of carbonyl (C=O) groups is 1. The van der Waals surface area contributed by atoms with Gasteiger partial charge in [-0.25, -0.2) is 0 Å². The van der Waals surface area contributed by atoms with Gasteiger partial charge < -0.3 is 14.2 Å². The van der Waals surface area contributed by atoms with E-state index in [1.807, 2.05) is 0 Å². The summed E-state index contributed by atoms with van der Waals surface area (Å²) in [6.07, 6.45) is 0. The van der Waals surface area contributed by atoms with Crippen LogP contribution in [0.4, 0.5) is 5.69 Å². The molecule has 1 heterocycles. The van der Waals surface area contributed by atoms with Crippen LogP contribution in [0.2, 0.25) is 0 Å². The number of benzene rings is 1. The Morgan fingerprint density at radius 2 is 2.14 bits per heavy atom. The van der Waals surface area contributed by atoms with Gasteiger partial charge in [-0.1, -0.05) is 15.9 Å². The number of alkyl halides is 1. The molecule has 0 bridgehead atoms. The van der Waals surface area contributed by atoms with E-state index in [-0.39, 0.29) is 35.3 Å². The maximum atomic E-state index is 12.3. The minimum atomic E-state index is -0.765. The predicted octanol–water partition coefficient (Wildman–Crippen LogP) is 2.69. The number of nitro benzene ring substituents is 1. The Morgan fingerprint density at radius 3 is 2.71 bits per heavy atom. The second-order valence-corrected chi connectivity index (χ2v) is 5.97. The Labute approximate surface area is 129 Å². The van der Waals surface area contributed by atoms with E-state index in [0.717, 1.165) is 0 Å². The van der Waals surface area contributed by atoms with Crippen molar-refractivity contribution < 1.29 is 23.9 Å². The van der Waals surface area contributed by atoms with E-state index >= 15 is 0 Å². The molecule has 0 N–H and O–H groups in total. The maximum Gasteiger partial charge on any atom is 0.312 e. The second-order valence-electron chi connectivity index (χ2n) is 5.06. The third-order valence-electron chi connectivity index (χ3n) is 3.07. The Hall–Kier alpha value is -1.67. The van der Waals surface area contributed by atoms with Crippen molar-refractivity contribution in [2.24, 2.45) is 0 Å². The number of nitro groups is 1. The minimum Gasteiger partial charge on any atom is -0.485 e. The lowest BCUT2D eigenvalue weighted by atomic mass is 9.92. The first-order valence-corrected chi connectivity index (χ1v) is 7.01. The SMILES string of the molecule is COCOc1cc2c(cc1[N+](=O)[O-])C(=O)C(Br)C(C)(C)O2. The molecular weight excluding hydrogens is 346 g/mol. The highest BCUT2D eigenvalue weighted by Gasteiger charge is 2.43. The van der Waals surface area contributed by atoms with Crippen LogP contribution in [-0.4, -0.2) is 35.0 Å². The van der Waals surface area contributed by atoms with Crippen molar-refractivity contribution in [3.63, 3.8) is 0 Å². The number of ketones is 1. The Bertz CT molecular complexity index is 601. The number of Topliss-reactive ketones (excluding diaryl/α,β-unsaturated/α-hetero) is 1. The number of ether oxygens (including phenoxy) is 3. The molecule has 0 aliphatic carbocycles. The normalized spacial score (nSPS) is 19.6. The van der Waals surface area contributed by atoms with Crippen LogP contribution in [-0.2, 0) is 4.74 Å². The largest absolute Gasteiger partial charge is 0.485 e. The van der Waals surface area contributed by atoms with Crippen LogP contribution in [0.3, 0.4) is 0 Å². The zero-order chi connectivity index (χ0) is 15.8. The number of methoxy groups -OCH3 is 1. The summed E-state index contributed by atoms with van der Waals surface area (Å²) in [6.45, 7) is 3.37. The van der Waals surface area contributed by atoms with Crippen LogP contribution in [0, 0.1) is 10.1 Å². The van der Waals surface area contributed by atoms with Crippen molar-refractivity contribution >= 4 is 27.4 Å². The average Bonchev–Trinajstić information content (AvgIpc) is 2.41. The summed E-state index contributed by atoms with van der Waals surface area (Å²) in [6, 6.07) is 2.52. The highest BCUT2D eigenvalue weighted by atomic mass is 79.9. The smallest absolute Gasteiger partial charge is 0.312 e. The van der Waals surface area contributed by atoms with Gasteiger partial charge in [-0.05, 0) is 13.8 Å². The molecule has 0 amide bonds. The molecule has 0 aromatic heterocycles. The van der Waals surface area contributed by atoms with Gasteiger partial charge in [0.05, 0.1) is 10.5 Å². The van der Waals surface area contributed by atoms with Crippen molar-refractivity contribution in [2.45, 2.75) is 24.3 Å². The van der Waals surface area contributed by atoms with Crippen molar-refractivity contribution in [3.05, 3.63) is 27.8 Å². The first kappa shape index (κ1) is 15.7. The summed E-state index contributed by atoms with van der Waals surface area (Å²) in [4.78, 5) is 22.2. The summed E-state index contributed by atoms with van der Waals surface area (Å²) in [5.41, 5.74) is -0.909. The van der Waals surface area contributed by atoms with Crippen molar-refractivity contribution in [2.75, 3.05) is 13.9 Å². The van der Waals surface area contributed by atoms with Crippen LogP contribution in [0.5, 0.6) is 11.5 Å². The van der Waals surface area contributed by atoms with Crippen molar-refractivity contribution in [3.8, 4) is 11.5 Å². The molecular formula is C13H14BrNO6. The molecule has 1 aliphatic rings. The summed E-state index contributed by atoms with van der Waals surface area (Å²) in [7, 11) is 1.41. The quantitative estimate of drug-likeness (QED) is 0.355. The van der Waals surface area contributed by atoms with Gasteiger partial charge in [-0.15, -0.1) is 0 Å². The summed E-state index contributed by atoms with van der Waals surface area (Å²) >= 11 is 3.27. The number of hydrogen-bond donors (Lipinski definition) is 0. The fourth-order valence-electron chi connectivity index (χ4n) is 1.99. The Morgan fingerprint density at radius 1 is 1.48 bits per heavy atom. The Balaban J connectivity index is 2.54. The number of nitrogens with zero attached hydrogens (tertiary/aromatic N) is 1. The Kier molecular flexibility index (Phi) is 4.20. The monoisotopic (exact) mass is 359 g/mol. The molecule has 0 saturated heterocycles. The minimum absolute atomic E-state index is 0.00257. The lowest BCUT2D eigenvalue weighted by molar-refractivity contribution is -0.386. The fraction of sp³-hybridized carbons (Fsp3) is 0.462. The molecule has 7 nitrogen and oxygen atoms in total. The molecule has 1 aromatic rings. The molecule has 1 aromatic carbocycles. The number of rotatable bonds is 4. The van der Waals surface area contributed by atoms with Gasteiger partial charge in [-0.3, -0.25) is 14.9 Å². The molecule has 1 aliphatic heterocycles. The van der Waals surface area contributed by atoms with Gasteiger partial charge in [-0.2, -0.15) is 0 Å². The molecule has 0 spiro atoms. The predicted molar refractivity (Wildman–Crippen MR) is 77.4 cm³/mol. The van der Waals surface area contributed by atoms with Gasteiger partial charge in [0.15, 0.2) is 12.6 Å². The summed E-state index contributed by atoms with van der Waals surface area (Å²) < 4.78 is 15.7. The van der Waals surface area contributed by atoms with Crippen LogP contribution in [0.25, 0.3) is 0 Å². The average molecular weight is 360 g/mol.